The SMILES string of the molecule is CCn1ccnc1CN(C)C(=O)Nc1ccc(C(F)(F)F)c(F)c1. The number of halogens is 4. The quantitative estimate of drug-likeness (QED) is 0.860. The Bertz CT molecular complexity index is 727. The minimum atomic E-state index is -4.78. The molecule has 0 atom stereocenters. The number of hydrogen-bond donors (Lipinski definition) is 1. The number of anilines is 1. The summed E-state index contributed by atoms with van der Waals surface area (Å²) in [5.41, 5.74) is -1.44. The molecule has 0 saturated carbocycles. The van der Waals surface area contributed by atoms with Crippen molar-refractivity contribution in [2.45, 2.75) is 26.2 Å². The molecule has 1 N–H and O–H groups in total. The number of benzene rings is 1. The fraction of sp³-hybridized carbons (Fsp3) is 0.333. The Morgan fingerprint density at radius 1 is 1.38 bits per heavy atom. The molecule has 0 aliphatic carbocycles. The van der Waals surface area contributed by atoms with Gasteiger partial charge in [0.05, 0.1) is 12.1 Å². The lowest BCUT2D eigenvalue weighted by Gasteiger charge is -2.18. The van der Waals surface area contributed by atoms with Crippen molar-refractivity contribution >= 4 is 11.7 Å². The van der Waals surface area contributed by atoms with E-state index < -0.39 is 23.6 Å². The van der Waals surface area contributed by atoms with E-state index in [2.05, 4.69) is 10.3 Å². The van der Waals surface area contributed by atoms with Crippen LogP contribution in [0.5, 0.6) is 0 Å². The molecule has 0 aliphatic rings. The first kappa shape index (κ1) is 17.8. The van der Waals surface area contributed by atoms with Crippen LogP contribution in [0.2, 0.25) is 0 Å². The summed E-state index contributed by atoms with van der Waals surface area (Å²) >= 11 is 0. The average molecular weight is 344 g/mol. The van der Waals surface area contributed by atoms with E-state index in [1.54, 1.807) is 12.4 Å². The number of aryl methyl sites for hydroxylation is 1. The van der Waals surface area contributed by atoms with Gasteiger partial charge in [0.1, 0.15) is 11.6 Å². The molecule has 130 valence electrons. The van der Waals surface area contributed by atoms with Gasteiger partial charge in [0.25, 0.3) is 0 Å². The van der Waals surface area contributed by atoms with Crippen LogP contribution >= 0.6 is 0 Å². The number of carbonyl (C=O) groups excluding carboxylic acids is 1. The summed E-state index contributed by atoms with van der Waals surface area (Å²) in [6, 6.07) is 1.65. The number of nitrogens with one attached hydrogen (secondary N) is 1. The molecule has 1 aromatic carbocycles. The minimum absolute atomic E-state index is 0.0591. The molecule has 24 heavy (non-hydrogen) atoms. The molecule has 9 heteroatoms. The fourth-order valence-electron chi connectivity index (χ4n) is 2.11. The van der Waals surface area contributed by atoms with Crippen LogP contribution in [0.1, 0.15) is 18.3 Å². The van der Waals surface area contributed by atoms with Gasteiger partial charge in [-0.2, -0.15) is 13.2 Å². The largest absolute Gasteiger partial charge is 0.419 e. The summed E-state index contributed by atoms with van der Waals surface area (Å²) in [7, 11) is 1.50. The van der Waals surface area contributed by atoms with Gasteiger partial charge in [-0.1, -0.05) is 0 Å². The van der Waals surface area contributed by atoms with Crippen LogP contribution in [0.25, 0.3) is 0 Å². The third-order valence-electron chi connectivity index (χ3n) is 3.39. The Kier molecular flexibility index (Phi) is 5.10. The smallest absolute Gasteiger partial charge is 0.334 e. The number of imidazole rings is 1. The van der Waals surface area contributed by atoms with Crippen LogP contribution in [-0.2, 0) is 19.3 Å². The molecular formula is C15H16F4N4O. The van der Waals surface area contributed by atoms with E-state index in [-0.39, 0.29) is 12.2 Å². The van der Waals surface area contributed by atoms with E-state index in [0.29, 0.717) is 24.5 Å². The van der Waals surface area contributed by atoms with Gasteiger partial charge in [-0.15, -0.1) is 0 Å². The molecule has 0 unspecified atom stereocenters. The molecule has 0 saturated heterocycles. The van der Waals surface area contributed by atoms with Gasteiger partial charge in [0, 0.05) is 31.7 Å². The Morgan fingerprint density at radius 2 is 2.08 bits per heavy atom. The standard InChI is InChI=1S/C15H16F4N4O/c1-3-23-7-6-20-13(23)9-22(2)14(24)21-10-4-5-11(12(16)8-10)15(17,18)19/h4-8H,3,9H2,1-2H3,(H,21,24). The zero-order valence-corrected chi connectivity index (χ0v) is 13.1. The van der Waals surface area contributed by atoms with E-state index in [4.69, 9.17) is 0 Å². The molecule has 2 aromatic rings. The molecule has 0 radical (unpaired) electrons. The van der Waals surface area contributed by atoms with Crippen molar-refractivity contribution in [1.82, 2.24) is 14.5 Å². The Hall–Kier alpha value is -2.58. The van der Waals surface area contributed by atoms with Crippen molar-refractivity contribution in [3.05, 3.63) is 47.8 Å². The number of rotatable bonds is 4. The maximum Gasteiger partial charge on any atom is 0.419 e. The number of carbonyl (C=O) groups is 1. The molecule has 0 aliphatic heterocycles. The number of nitrogens with zero attached hydrogens (tertiary/aromatic N) is 3. The fourth-order valence-corrected chi connectivity index (χ4v) is 2.11. The highest BCUT2D eigenvalue weighted by Crippen LogP contribution is 2.32. The average Bonchev–Trinajstić information content (AvgIpc) is 2.93. The second kappa shape index (κ2) is 6.90. The third kappa shape index (κ3) is 4.03. The summed E-state index contributed by atoms with van der Waals surface area (Å²) in [6.07, 6.45) is -1.40. The van der Waals surface area contributed by atoms with E-state index in [1.807, 2.05) is 11.5 Å². The van der Waals surface area contributed by atoms with Crippen molar-refractivity contribution in [1.29, 1.82) is 0 Å². The molecule has 1 heterocycles. The molecule has 0 fully saturated rings. The Morgan fingerprint density at radius 3 is 2.67 bits per heavy atom. The van der Waals surface area contributed by atoms with Gasteiger partial charge in [-0.05, 0) is 25.1 Å². The number of amides is 2. The van der Waals surface area contributed by atoms with Crippen LogP contribution in [0.4, 0.5) is 28.0 Å². The first-order valence-corrected chi connectivity index (χ1v) is 7.11. The monoisotopic (exact) mass is 344 g/mol. The first-order chi connectivity index (χ1) is 11.2. The van der Waals surface area contributed by atoms with Crippen LogP contribution in [-0.4, -0.2) is 27.5 Å². The molecule has 2 amide bonds. The summed E-state index contributed by atoms with van der Waals surface area (Å²) in [5.74, 6) is -0.779. The van der Waals surface area contributed by atoms with Crippen molar-refractivity contribution in [2.75, 3.05) is 12.4 Å². The van der Waals surface area contributed by atoms with Gasteiger partial charge in [0.2, 0.25) is 0 Å². The highest BCUT2D eigenvalue weighted by atomic mass is 19.4. The highest BCUT2D eigenvalue weighted by Gasteiger charge is 2.34. The number of aromatic nitrogens is 2. The predicted molar refractivity (Wildman–Crippen MR) is 79.8 cm³/mol. The highest BCUT2D eigenvalue weighted by molar-refractivity contribution is 5.89. The first-order valence-electron chi connectivity index (χ1n) is 7.11. The van der Waals surface area contributed by atoms with Crippen molar-refractivity contribution in [3.63, 3.8) is 0 Å². The zero-order chi connectivity index (χ0) is 17.9. The van der Waals surface area contributed by atoms with Gasteiger partial charge < -0.3 is 14.8 Å². The summed E-state index contributed by atoms with van der Waals surface area (Å²) < 4.78 is 52.9. The Balaban J connectivity index is 2.05. The van der Waals surface area contributed by atoms with Crippen molar-refractivity contribution in [2.24, 2.45) is 0 Å². The van der Waals surface area contributed by atoms with E-state index in [1.165, 1.54) is 11.9 Å². The van der Waals surface area contributed by atoms with Gasteiger partial charge in [-0.25, -0.2) is 14.2 Å². The van der Waals surface area contributed by atoms with Gasteiger partial charge >= 0.3 is 12.2 Å². The van der Waals surface area contributed by atoms with Crippen LogP contribution in [0, 0.1) is 5.82 Å². The van der Waals surface area contributed by atoms with Crippen molar-refractivity contribution < 1.29 is 22.4 Å². The lowest BCUT2D eigenvalue weighted by molar-refractivity contribution is -0.139. The lowest BCUT2D eigenvalue weighted by Crippen LogP contribution is -2.32. The molecule has 2 rings (SSSR count). The number of alkyl halides is 3. The predicted octanol–water partition coefficient (Wildman–Crippen LogP) is 3.72. The Labute approximate surface area is 135 Å². The molecule has 1 aromatic heterocycles. The molecule has 0 bridgehead atoms. The molecule has 5 nitrogen and oxygen atoms in total. The van der Waals surface area contributed by atoms with Gasteiger partial charge in [0.15, 0.2) is 0 Å². The second-order valence-corrected chi connectivity index (χ2v) is 5.11. The third-order valence-corrected chi connectivity index (χ3v) is 3.39. The molecule has 0 spiro atoms. The maximum atomic E-state index is 13.5. The topological polar surface area (TPSA) is 50.2 Å². The van der Waals surface area contributed by atoms with Crippen LogP contribution in [0.3, 0.4) is 0 Å². The normalized spacial score (nSPS) is 11.4. The van der Waals surface area contributed by atoms with Crippen molar-refractivity contribution in [3.8, 4) is 0 Å². The van der Waals surface area contributed by atoms with E-state index in [9.17, 15) is 22.4 Å². The van der Waals surface area contributed by atoms with E-state index >= 15 is 0 Å². The van der Waals surface area contributed by atoms with Crippen LogP contribution in [0.15, 0.2) is 30.6 Å². The second-order valence-electron chi connectivity index (χ2n) is 5.11. The summed E-state index contributed by atoms with van der Waals surface area (Å²) in [4.78, 5) is 17.5. The summed E-state index contributed by atoms with van der Waals surface area (Å²) in [5, 5.41) is 2.35. The van der Waals surface area contributed by atoms with Crippen LogP contribution < -0.4 is 5.32 Å². The van der Waals surface area contributed by atoms with E-state index in [0.717, 1.165) is 6.07 Å². The summed E-state index contributed by atoms with van der Waals surface area (Å²) in [6.45, 7) is 2.82. The van der Waals surface area contributed by atoms with Gasteiger partial charge in [-0.3, -0.25) is 0 Å². The minimum Gasteiger partial charge on any atom is -0.334 e. The number of hydrogen-bond acceptors (Lipinski definition) is 2. The lowest BCUT2D eigenvalue weighted by atomic mass is 10.2. The molecular weight excluding hydrogens is 328 g/mol. The zero-order valence-electron chi connectivity index (χ0n) is 13.1. The number of urea groups is 1. The maximum absolute atomic E-state index is 13.5.